The number of hydrogen-bond acceptors (Lipinski definition) is 3. The zero-order valence-electron chi connectivity index (χ0n) is 12.8. The molecule has 0 radical (unpaired) electrons. The van der Waals surface area contributed by atoms with Crippen LogP contribution in [0.1, 0.15) is 25.3 Å². The van der Waals surface area contributed by atoms with Crippen LogP contribution in [0.3, 0.4) is 0 Å². The molecule has 1 aromatic rings. The van der Waals surface area contributed by atoms with Gasteiger partial charge in [-0.1, -0.05) is 18.2 Å². The first-order chi connectivity index (χ1) is 10.3. The molecule has 1 aromatic carbocycles. The van der Waals surface area contributed by atoms with E-state index in [4.69, 9.17) is 4.74 Å². The van der Waals surface area contributed by atoms with Crippen molar-refractivity contribution in [1.82, 2.24) is 9.80 Å². The average molecular weight is 284 g/mol. The molecule has 3 nitrogen and oxygen atoms in total. The lowest BCUT2D eigenvalue weighted by molar-refractivity contribution is 0.0650. The highest BCUT2D eigenvalue weighted by molar-refractivity contribution is 5.62. The molecule has 112 valence electrons. The van der Waals surface area contributed by atoms with Crippen LogP contribution in [0.4, 0.5) is 0 Å². The maximum Gasteiger partial charge on any atom is 0.127 e. The molecule has 2 fully saturated rings. The van der Waals surface area contributed by atoms with Gasteiger partial charge in [-0.25, -0.2) is 0 Å². The van der Waals surface area contributed by atoms with E-state index in [0.29, 0.717) is 6.04 Å². The summed E-state index contributed by atoms with van der Waals surface area (Å²) < 4.78 is 5.89. The lowest BCUT2D eigenvalue weighted by Gasteiger charge is -2.42. The molecule has 3 aliphatic heterocycles. The van der Waals surface area contributed by atoms with Gasteiger partial charge in [0.15, 0.2) is 0 Å². The lowest BCUT2D eigenvalue weighted by atomic mass is 10.0. The smallest absolute Gasteiger partial charge is 0.127 e. The Labute approximate surface area is 127 Å². The van der Waals surface area contributed by atoms with Crippen molar-refractivity contribution in [2.75, 3.05) is 32.8 Å². The topological polar surface area (TPSA) is 15.7 Å². The molecule has 4 rings (SSSR count). The number of para-hydroxylation sites is 1. The summed E-state index contributed by atoms with van der Waals surface area (Å²) >= 11 is 0. The van der Waals surface area contributed by atoms with Crippen LogP contribution in [0.2, 0.25) is 0 Å². The summed E-state index contributed by atoms with van der Waals surface area (Å²) in [4.78, 5) is 5.33. The molecule has 0 aromatic heterocycles. The van der Waals surface area contributed by atoms with Crippen LogP contribution in [0.15, 0.2) is 29.8 Å². The molecule has 0 amide bonds. The Morgan fingerprint density at radius 2 is 2.14 bits per heavy atom. The first kappa shape index (κ1) is 13.4. The molecule has 0 N–H and O–H groups in total. The Bertz CT molecular complexity index is 554. The molecule has 3 heterocycles. The second kappa shape index (κ2) is 5.47. The van der Waals surface area contributed by atoms with E-state index in [1.165, 1.54) is 43.6 Å². The van der Waals surface area contributed by atoms with Gasteiger partial charge in [-0.05, 0) is 44.0 Å². The summed E-state index contributed by atoms with van der Waals surface area (Å²) in [6.07, 6.45) is 5.08. The molecule has 0 unspecified atom stereocenters. The van der Waals surface area contributed by atoms with Crippen LogP contribution in [0.5, 0.6) is 5.75 Å². The van der Waals surface area contributed by atoms with Gasteiger partial charge in [-0.2, -0.15) is 0 Å². The summed E-state index contributed by atoms with van der Waals surface area (Å²) in [7, 11) is 0. The minimum absolute atomic E-state index is 0.650. The van der Waals surface area contributed by atoms with Gasteiger partial charge in [-0.3, -0.25) is 9.80 Å². The van der Waals surface area contributed by atoms with Gasteiger partial charge in [0.05, 0.1) is 0 Å². The van der Waals surface area contributed by atoms with E-state index in [9.17, 15) is 0 Å². The molecule has 3 heteroatoms. The maximum atomic E-state index is 5.89. The first-order valence-electron chi connectivity index (χ1n) is 8.19. The van der Waals surface area contributed by atoms with Crippen molar-refractivity contribution >= 4 is 6.08 Å². The number of hydrogen-bond donors (Lipinski definition) is 0. The third-order valence-corrected chi connectivity index (χ3v) is 5.16. The summed E-state index contributed by atoms with van der Waals surface area (Å²) in [6.45, 7) is 7.93. The van der Waals surface area contributed by atoms with Crippen LogP contribution in [0, 0.1) is 0 Å². The minimum Gasteiger partial charge on any atom is -0.489 e. The number of piperazine rings is 1. The molecule has 0 aliphatic carbocycles. The van der Waals surface area contributed by atoms with E-state index >= 15 is 0 Å². The minimum atomic E-state index is 0.650. The van der Waals surface area contributed by atoms with Crippen LogP contribution >= 0.6 is 0 Å². The van der Waals surface area contributed by atoms with E-state index < -0.39 is 0 Å². The molecule has 3 aliphatic rings. The fraction of sp³-hybridized carbons (Fsp3) is 0.556. The maximum absolute atomic E-state index is 5.89. The van der Waals surface area contributed by atoms with Crippen molar-refractivity contribution in [2.24, 2.45) is 0 Å². The highest BCUT2D eigenvalue weighted by atomic mass is 16.5. The van der Waals surface area contributed by atoms with Gasteiger partial charge in [0.1, 0.15) is 12.4 Å². The van der Waals surface area contributed by atoms with E-state index in [1.807, 2.05) is 6.07 Å². The number of fused-ring (bicyclic) bond motifs is 2. The molecule has 0 saturated carbocycles. The predicted octanol–water partition coefficient (Wildman–Crippen LogP) is 2.63. The van der Waals surface area contributed by atoms with Crippen LogP contribution in [-0.4, -0.2) is 54.7 Å². The third-order valence-electron chi connectivity index (χ3n) is 5.16. The Morgan fingerprint density at radius 1 is 1.24 bits per heavy atom. The molecular weight excluding hydrogens is 260 g/mol. The number of benzene rings is 1. The summed E-state index contributed by atoms with van der Waals surface area (Å²) in [5.41, 5.74) is 2.64. The van der Waals surface area contributed by atoms with Gasteiger partial charge in [-0.15, -0.1) is 0 Å². The average Bonchev–Trinajstić information content (AvgIpc) is 2.94. The van der Waals surface area contributed by atoms with Gasteiger partial charge in [0.2, 0.25) is 0 Å². The summed E-state index contributed by atoms with van der Waals surface area (Å²) in [5, 5.41) is 0. The van der Waals surface area contributed by atoms with Crippen molar-refractivity contribution in [1.29, 1.82) is 0 Å². The second-order valence-electron chi connectivity index (χ2n) is 6.70. The Balaban J connectivity index is 1.48. The quantitative estimate of drug-likeness (QED) is 0.830. The van der Waals surface area contributed by atoms with Gasteiger partial charge < -0.3 is 4.74 Å². The standard InChI is InChI=1S/C18H24N2O/c1-14-10-19-8-4-6-17(19)12-20(14)11-15-9-16-5-2-3-7-18(16)21-13-15/h2-3,5,7,9,14,17H,4,6,8,10-13H2,1H3/t14-,17+/m1/s1. The molecular formula is C18H24N2O. The van der Waals surface area contributed by atoms with E-state index in [2.05, 4.69) is 41.0 Å². The van der Waals surface area contributed by atoms with Crippen molar-refractivity contribution in [3.8, 4) is 5.75 Å². The summed E-state index contributed by atoms with van der Waals surface area (Å²) in [5.74, 6) is 1.02. The van der Waals surface area contributed by atoms with E-state index in [1.54, 1.807) is 0 Å². The monoisotopic (exact) mass is 284 g/mol. The first-order valence-corrected chi connectivity index (χ1v) is 8.19. The molecule has 0 bridgehead atoms. The fourth-order valence-electron chi connectivity index (χ4n) is 3.98. The zero-order valence-corrected chi connectivity index (χ0v) is 12.8. The van der Waals surface area contributed by atoms with Crippen molar-refractivity contribution in [3.63, 3.8) is 0 Å². The van der Waals surface area contributed by atoms with Crippen LogP contribution in [-0.2, 0) is 0 Å². The number of ether oxygens (including phenoxy) is 1. The zero-order chi connectivity index (χ0) is 14.2. The van der Waals surface area contributed by atoms with Gasteiger partial charge in [0.25, 0.3) is 0 Å². The third kappa shape index (κ3) is 2.60. The SMILES string of the molecule is C[C@@H]1CN2CCC[C@H]2CN1CC1=Cc2ccccc2OC1. The molecule has 2 saturated heterocycles. The van der Waals surface area contributed by atoms with Crippen molar-refractivity contribution in [2.45, 2.75) is 31.8 Å². The Morgan fingerprint density at radius 3 is 3.10 bits per heavy atom. The highest BCUT2D eigenvalue weighted by Gasteiger charge is 2.34. The van der Waals surface area contributed by atoms with Crippen molar-refractivity contribution in [3.05, 3.63) is 35.4 Å². The van der Waals surface area contributed by atoms with Crippen LogP contribution < -0.4 is 4.74 Å². The lowest BCUT2D eigenvalue weighted by Crippen LogP contribution is -2.55. The van der Waals surface area contributed by atoms with E-state index in [0.717, 1.165) is 24.9 Å². The van der Waals surface area contributed by atoms with Crippen molar-refractivity contribution < 1.29 is 4.74 Å². The largest absolute Gasteiger partial charge is 0.489 e. The second-order valence-corrected chi connectivity index (χ2v) is 6.70. The molecule has 21 heavy (non-hydrogen) atoms. The van der Waals surface area contributed by atoms with E-state index in [-0.39, 0.29) is 0 Å². The van der Waals surface area contributed by atoms with Gasteiger partial charge in [0, 0.05) is 37.3 Å². The van der Waals surface area contributed by atoms with Crippen LogP contribution in [0.25, 0.3) is 6.08 Å². The predicted molar refractivity (Wildman–Crippen MR) is 85.5 cm³/mol. The Hall–Kier alpha value is -1.32. The Kier molecular flexibility index (Phi) is 3.48. The normalized spacial score (nSPS) is 29.5. The number of rotatable bonds is 2. The number of nitrogens with zero attached hydrogens (tertiary/aromatic N) is 2. The van der Waals surface area contributed by atoms with Gasteiger partial charge >= 0.3 is 0 Å². The molecule has 2 atom stereocenters. The highest BCUT2D eigenvalue weighted by Crippen LogP contribution is 2.28. The summed E-state index contributed by atoms with van der Waals surface area (Å²) in [6, 6.07) is 9.77. The molecule has 0 spiro atoms. The fourth-order valence-corrected chi connectivity index (χ4v) is 3.98.